The predicted molar refractivity (Wildman–Crippen MR) is 84.2 cm³/mol. The van der Waals surface area contributed by atoms with Crippen LogP contribution < -0.4 is 0 Å². The molecule has 1 saturated carbocycles. The molecule has 0 saturated heterocycles. The molecule has 1 N–H and O–H groups in total. The molecule has 1 aromatic rings. The van der Waals surface area contributed by atoms with Gasteiger partial charge in [0.1, 0.15) is 11.3 Å². The fraction of sp³-hybridized carbons (Fsp3) is 0.333. The Morgan fingerprint density at radius 2 is 2.19 bits per heavy atom. The van der Waals surface area contributed by atoms with Crippen LogP contribution in [0.4, 0.5) is 0 Å². The summed E-state index contributed by atoms with van der Waals surface area (Å²) < 4.78 is 4.95. The van der Waals surface area contributed by atoms with Gasteiger partial charge in [0.2, 0.25) is 0 Å². The van der Waals surface area contributed by atoms with E-state index in [1.54, 1.807) is 19.1 Å². The second-order valence-electron chi connectivity index (χ2n) is 4.62. The summed E-state index contributed by atoms with van der Waals surface area (Å²) in [7, 11) is 0. The Kier molecular flexibility index (Phi) is 5.26. The van der Waals surface area contributed by atoms with E-state index in [2.05, 4.69) is 4.99 Å². The summed E-state index contributed by atoms with van der Waals surface area (Å²) in [4.78, 5) is 16.2. The van der Waals surface area contributed by atoms with Gasteiger partial charge in [-0.25, -0.2) is 4.79 Å². The summed E-state index contributed by atoms with van der Waals surface area (Å²) in [6.45, 7) is 1.90. The molecule has 1 fully saturated rings. The summed E-state index contributed by atoms with van der Waals surface area (Å²) in [5, 5.41) is 11.0. The summed E-state index contributed by atoms with van der Waals surface area (Å²) in [6.07, 6.45) is 3.35. The van der Waals surface area contributed by atoms with Crippen LogP contribution in [-0.2, 0) is 9.53 Å². The highest BCUT2D eigenvalue weighted by Crippen LogP contribution is 2.28. The maximum atomic E-state index is 12.0. The van der Waals surface area contributed by atoms with Crippen molar-refractivity contribution in [2.75, 3.05) is 6.61 Å². The first-order chi connectivity index (χ1) is 10.0. The zero-order valence-corrected chi connectivity index (χ0v) is 13.0. The first-order valence-electron chi connectivity index (χ1n) is 6.62. The predicted octanol–water partition coefficient (Wildman–Crippen LogP) is 4.06. The molecule has 1 aliphatic carbocycles. The van der Waals surface area contributed by atoms with Gasteiger partial charge < -0.3 is 9.84 Å². The Morgan fingerprint density at radius 3 is 2.76 bits per heavy atom. The number of halogens is 2. The molecule has 21 heavy (non-hydrogen) atoms. The average Bonchev–Trinajstić information content (AvgIpc) is 3.23. The van der Waals surface area contributed by atoms with Crippen LogP contribution in [0.1, 0.15) is 25.3 Å². The lowest BCUT2D eigenvalue weighted by Gasteiger charge is -2.08. The minimum atomic E-state index is -0.634. The van der Waals surface area contributed by atoms with Crippen molar-refractivity contribution in [3.05, 3.63) is 39.4 Å². The molecule has 6 heteroatoms. The summed E-state index contributed by atoms with van der Waals surface area (Å²) >= 11 is 11.9. The Balaban J connectivity index is 2.41. The van der Waals surface area contributed by atoms with Crippen molar-refractivity contribution in [3.8, 4) is 0 Å². The fourth-order valence-electron chi connectivity index (χ4n) is 1.65. The number of aliphatic hydroxyl groups excluding tert-OH is 1. The number of aliphatic imine (C=N–C) groups is 1. The molecular weight excluding hydrogens is 313 g/mol. The molecule has 0 bridgehead atoms. The van der Waals surface area contributed by atoms with E-state index in [1.807, 2.05) is 0 Å². The summed E-state index contributed by atoms with van der Waals surface area (Å²) in [6, 6.07) is 4.85. The smallest absolute Gasteiger partial charge is 0.343 e. The quantitative estimate of drug-likeness (QED) is 0.384. The monoisotopic (exact) mass is 327 g/mol. The molecule has 112 valence electrons. The lowest BCUT2D eigenvalue weighted by atomic mass is 10.1. The number of esters is 1. The van der Waals surface area contributed by atoms with Gasteiger partial charge in [0.05, 0.1) is 17.7 Å². The van der Waals surface area contributed by atoms with Crippen molar-refractivity contribution in [1.29, 1.82) is 0 Å². The molecule has 0 spiro atoms. The van der Waals surface area contributed by atoms with Crippen molar-refractivity contribution >= 4 is 41.1 Å². The summed E-state index contributed by atoms with van der Waals surface area (Å²) in [5.74, 6) is -0.898. The van der Waals surface area contributed by atoms with Crippen LogP contribution in [0, 0.1) is 0 Å². The number of nitrogens with zero attached hydrogens (tertiary/aromatic N) is 1. The van der Waals surface area contributed by atoms with Crippen molar-refractivity contribution < 1.29 is 14.6 Å². The maximum Gasteiger partial charge on any atom is 0.343 e. The van der Waals surface area contributed by atoms with Crippen LogP contribution in [0.15, 0.2) is 28.8 Å². The van der Waals surface area contributed by atoms with Gasteiger partial charge in [-0.2, -0.15) is 0 Å². The van der Waals surface area contributed by atoms with Gasteiger partial charge in [-0.05, 0) is 38.0 Å². The third-order valence-corrected chi connectivity index (χ3v) is 3.45. The number of ether oxygens (including phenoxy) is 1. The number of rotatable bonds is 5. The van der Waals surface area contributed by atoms with Gasteiger partial charge in [0.25, 0.3) is 0 Å². The Labute approximate surface area is 133 Å². The first kappa shape index (κ1) is 15.9. The van der Waals surface area contributed by atoms with Gasteiger partial charge in [0, 0.05) is 16.8 Å². The van der Waals surface area contributed by atoms with Gasteiger partial charge in [0.15, 0.2) is 0 Å². The first-order valence-corrected chi connectivity index (χ1v) is 7.37. The van der Waals surface area contributed by atoms with E-state index in [9.17, 15) is 9.90 Å². The SMILES string of the molecule is CCOC(=O)/C(C=NC1CC1)=C(/O)c1ccc(Cl)cc1Cl. The van der Waals surface area contributed by atoms with E-state index in [1.165, 1.54) is 12.3 Å². The van der Waals surface area contributed by atoms with E-state index in [0.717, 1.165) is 12.8 Å². The highest BCUT2D eigenvalue weighted by Gasteiger charge is 2.22. The minimum absolute atomic E-state index is 0.00651. The van der Waals surface area contributed by atoms with Crippen molar-refractivity contribution in [2.45, 2.75) is 25.8 Å². The molecule has 1 aromatic carbocycles. The Morgan fingerprint density at radius 1 is 1.48 bits per heavy atom. The molecule has 0 aromatic heterocycles. The zero-order chi connectivity index (χ0) is 15.4. The standard InChI is InChI=1S/C15H15Cl2NO3/c1-2-21-15(20)12(8-18-10-4-5-10)14(19)11-6-3-9(16)7-13(11)17/h3,6-8,10,19H,2,4-5H2,1H3/b14-12+,18-8?. The molecule has 0 aliphatic heterocycles. The third-order valence-electron chi connectivity index (χ3n) is 2.90. The number of benzene rings is 1. The molecule has 2 rings (SSSR count). The molecule has 4 nitrogen and oxygen atoms in total. The highest BCUT2D eigenvalue weighted by atomic mass is 35.5. The number of carbonyl (C=O) groups excluding carboxylic acids is 1. The third kappa shape index (κ3) is 4.22. The average molecular weight is 328 g/mol. The van der Waals surface area contributed by atoms with Crippen LogP contribution in [0.3, 0.4) is 0 Å². The summed E-state index contributed by atoms with van der Waals surface area (Å²) in [5.41, 5.74) is 0.305. The number of hydrogen-bond donors (Lipinski definition) is 1. The van der Waals surface area contributed by atoms with Gasteiger partial charge >= 0.3 is 5.97 Å². The highest BCUT2D eigenvalue weighted by molar-refractivity contribution is 6.36. The second kappa shape index (κ2) is 6.96. The lowest BCUT2D eigenvalue weighted by Crippen LogP contribution is -2.11. The number of carbonyl (C=O) groups is 1. The van der Waals surface area contributed by atoms with E-state index in [4.69, 9.17) is 27.9 Å². The molecule has 0 radical (unpaired) electrons. The zero-order valence-electron chi connectivity index (χ0n) is 11.5. The molecule has 0 atom stereocenters. The van der Waals surface area contributed by atoms with E-state index >= 15 is 0 Å². The van der Waals surface area contributed by atoms with Crippen molar-refractivity contribution in [3.63, 3.8) is 0 Å². The minimum Gasteiger partial charge on any atom is -0.506 e. The van der Waals surface area contributed by atoms with Crippen LogP contribution >= 0.6 is 23.2 Å². The molecule has 0 unspecified atom stereocenters. The second-order valence-corrected chi connectivity index (χ2v) is 5.46. The molecule has 0 heterocycles. The Hall–Kier alpha value is -1.52. The van der Waals surface area contributed by atoms with Crippen molar-refractivity contribution in [1.82, 2.24) is 0 Å². The lowest BCUT2D eigenvalue weighted by molar-refractivity contribution is -0.137. The van der Waals surface area contributed by atoms with Crippen LogP contribution in [-0.4, -0.2) is 29.9 Å². The van der Waals surface area contributed by atoms with Crippen LogP contribution in [0.2, 0.25) is 10.0 Å². The van der Waals surface area contributed by atoms with Crippen molar-refractivity contribution in [2.24, 2.45) is 4.99 Å². The maximum absolute atomic E-state index is 12.0. The largest absolute Gasteiger partial charge is 0.506 e. The van der Waals surface area contributed by atoms with Crippen LogP contribution in [0.25, 0.3) is 5.76 Å². The topological polar surface area (TPSA) is 58.9 Å². The normalized spacial score (nSPS) is 16.0. The van der Waals surface area contributed by atoms with E-state index < -0.39 is 5.97 Å². The van der Waals surface area contributed by atoms with E-state index in [-0.39, 0.29) is 29.0 Å². The van der Waals surface area contributed by atoms with Gasteiger partial charge in [-0.1, -0.05) is 23.2 Å². The van der Waals surface area contributed by atoms with Gasteiger partial charge in [-0.15, -0.1) is 0 Å². The number of hydrogen-bond acceptors (Lipinski definition) is 4. The van der Waals surface area contributed by atoms with Crippen LogP contribution in [0.5, 0.6) is 0 Å². The van der Waals surface area contributed by atoms with E-state index in [0.29, 0.717) is 10.6 Å². The molecular formula is C15H15Cl2NO3. The Bertz CT molecular complexity index is 607. The molecule has 1 aliphatic rings. The number of aliphatic hydroxyl groups is 1. The van der Waals surface area contributed by atoms with Gasteiger partial charge in [-0.3, -0.25) is 4.99 Å². The molecule has 0 amide bonds. The fourth-order valence-corrected chi connectivity index (χ4v) is 2.15.